The Kier molecular flexibility index (Phi) is 3.84. The summed E-state index contributed by atoms with van der Waals surface area (Å²) in [6.07, 6.45) is -4.95. The third-order valence-electron chi connectivity index (χ3n) is 2.65. The molecule has 1 amide bonds. The molecule has 2 aromatic rings. The Morgan fingerprint density at radius 3 is 2.10 bits per heavy atom. The number of amides is 1. The zero-order valence-corrected chi connectivity index (χ0v) is 10.4. The number of carbonyl (C=O) groups is 1. The maximum atomic E-state index is 12.8. The number of rotatable bonds is 3. The van der Waals surface area contributed by atoms with Crippen molar-refractivity contribution in [2.24, 2.45) is 5.73 Å². The molecule has 0 radical (unpaired) electrons. The van der Waals surface area contributed by atoms with Crippen molar-refractivity contribution in [1.29, 1.82) is 0 Å². The van der Waals surface area contributed by atoms with E-state index in [2.05, 4.69) is 4.74 Å². The molecule has 110 valence electrons. The van der Waals surface area contributed by atoms with Crippen molar-refractivity contribution in [3.8, 4) is 16.9 Å². The van der Waals surface area contributed by atoms with Crippen LogP contribution in [0.25, 0.3) is 11.1 Å². The molecule has 0 heterocycles. The molecule has 2 N–H and O–H groups in total. The zero-order chi connectivity index (χ0) is 15.6. The van der Waals surface area contributed by atoms with E-state index in [1.54, 1.807) is 0 Å². The minimum absolute atomic E-state index is 0.333. The van der Waals surface area contributed by atoms with Crippen molar-refractivity contribution in [3.63, 3.8) is 0 Å². The Labute approximate surface area is 116 Å². The predicted molar refractivity (Wildman–Crippen MR) is 67.0 cm³/mol. The summed E-state index contributed by atoms with van der Waals surface area (Å²) in [5.74, 6) is -2.21. The van der Waals surface area contributed by atoms with E-state index < -0.39 is 29.4 Å². The summed E-state index contributed by atoms with van der Waals surface area (Å²) < 4.78 is 53.7. The van der Waals surface area contributed by atoms with Crippen molar-refractivity contribution in [3.05, 3.63) is 53.8 Å². The maximum Gasteiger partial charge on any atom is 0.573 e. The highest BCUT2D eigenvalue weighted by atomic mass is 19.4. The lowest BCUT2D eigenvalue weighted by Crippen LogP contribution is -2.21. The summed E-state index contributed by atoms with van der Waals surface area (Å²) in [5, 5.41) is 0. The first-order chi connectivity index (χ1) is 9.76. The van der Waals surface area contributed by atoms with Crippen LogP contribution >= 0.6 is 0 Å². The van der Waals surface area contributed by atoms with Crippen LogP contribution in [0, 0.1) is 5.82 Å². The van der Waals surface area contributed by atoms with Gasteiger partial charge in [0.1, 0.15) is 11.6 Å². The fourth-order valence-corrected chi connectivity index (χ4v) is 1.76. The molecule has 0 saturated carbocycles. The van der Waals surface area contributed by atoms with Gasteiger partial charge in [0.15, 0.2) is 0 Å². The van der Waals surface area contributed by atoms with Crippen molar-refractivity contribution < 1.29 is 27.1 Å². The Morgan fingerprint density at radius 2 is 1.57 bits per heavy atom. The van der Waals surface area contributed by atoms with Crippen molar-refractivity contribution in [2.75, 3.05) is 0 Å². The van der Waals surface area contributed by atoms with Crippen LogP contribution in [-0.2, 0) is 0 Å². The molecule has 2 aromatic carbocycles. The molecule has 0 aliphatic rings. The molecule has 2 rings (SSSR count). The van der Waals surface area contributed by atoms with E-state index in [1.807, 2.05) is 0 Å². The number of halogens is 4. The highest BCUT2D eigenvalue weighted by Crippen LogP contribution is 2.31. The van der Waals surface area contributed by atoms with Gasteiger partial charge in [0.05, 0.1) is 5.56 Å². The zero-order valence-electron chi connectivity index (χ0n) is 10.4. The number of nitrogens with two attached hydrogens (primary N) is 1. The quantitative estimate of drug-likeness (QED) is 0.882. The lowest BCUT2D eigenvalue weighted by molar-refractivity contribution is -0.274. The molecule has 0 unspecified atom stereocenters. The number of hydrogen-bond donors (Lipinski definition) is 1. The molecule has 0 atom stereocenters. The van der Waals surface area contributed by atoms with Gasteiger partial charge in [-0.1, -0.05) is 18.2 Å². The van der Waals surface area contributed by atoms with Gasteiger partial charge in [0.25, 0.3) is 5.91 Å². The molecule has 0 fully saturated rings. The minimum atomic E-state index is -4.95. The molecule has 3 nitrogen and oxygen atoms in total. The Hall–Kier alpha value is -2.57. The van der Waals surface area contributed by atoms with E-state index in [-0.39, 0.29) is 0 Å². The highest BCUT2D eigenvalue weighted by Gasteiger charge is 2.32. The van der Waals surface area contributed by atoms with Gasteiger partial charge >= 0.3 is 6.36 Å². The molecular formula is C14H9F4NO2. The average Bonchev–Trinajstić information content (AvgIpc) is 2.37. The Bertz CT molecular complexity index is 666. The van der Waals surface area contributed by atoms with E-state index in [9.17, 15) is 22.4 Å². The number of hydrogen-bond acceptors (Lipinski definition) is 2. The van der Waals surface area contributed by atoms with Crippen LogP contribution in [0.4, 0.5) is 17.6 Å². The number of alkyl halides is 3. The second-order valence-electron chi connectivity index (χ2n) is 4.13. The maximum absolute atomic E-state index is 12.8. The van der Waals surface area contributed by atoms with Crippen LogP contribution in [0.5, 0.6) is 5.75 Å². The SMILES string of the molecule is NC(=O)c1ccc(-c2ccc(F)cc2)cc1OC(F)(F)F. The molecule has 0 saturated heterocycles. The molecule has 0 aliphatic carbocycles. The molecule has 7 heteroatoms. The fourth-order valence-electron chi connectivity index (χ4n) is 1.76. The van der Waals surface area contributed by atoms with E-state index >= 15 is 0 Å². The van der Waals surface area contributed by atoms with E-state index in [0.717, 1.165) is 12.1 Å². The predicted octanol–water partition coefficient (Wildman–Crippen LogP) is 3.49. The molecule has 0 bridgehead atoms. The lowest BCUT2D eigenvalue weighted by atomic mass is 10.0. The van der Waals surface area contributed by atoms with Gasteiger partial charge in [0.2, 0.25) is 0 Å². The van der Waals surface area contributed by atoms with Crippen molar-refractivity contribution >= 4 is 5.91 Å². The van der Waals surface area contributed by atoms with Crippen LogP contribution in [0.2, 0.25) is 0 Å². The van der Waals surface area contributed by atoms with Crippen molar-refractivity contribution in [1.82, 2.24) is 0 Å². The lowest BCUT2D eigenvalue weighted by Gasteiger charge is -2.13. The monoisotopic (exact) mass is 299 g/mol. The minimum Gasteiger partial charge on any atom is -0.405 e. The van der Waals surface area contributed by atoms with Gasteiger partial charge < -0.3 is 10.5 Å². The molecule has 0 spiro atoms. The van der Waals surface area contributed by atoms with Gasteiger partial charge in [-0.25, -0.2) is 4.39 Å². The van der Waals surface area contributed by atoms with E-state index in [4.69, 9.17) is 5.73 Å². The average molecular weight is 299 g/mol. The summed E-state index contributed by atoms with van der Waals surface area (Å²) >= 11 is 0. The van der Waals surface area contributed by atoms with E-state index in [0.29, 0.717) is 11.1 Å². The molecule has 0 aromatic heterocycles. The second kappa shape index (κ2) is 5.43. The van der Waals surface area contributed by atoms with Crippen LogP contribution in [0.1, 0.15) is 10.4 Å². The number of carbonyl (C=O) groups excluding carboxylic acids is 1. The second-order valence-corrected chi connectivity index (χ2v) is 4.13. The van der Waals surface area contributed by atoms with Crippen LogP contribution < -0.4 is 10.5 Å². The molecular weight excluding hydrogens is 290 g/mol. The summed E-state index contributed by atoms with van der Waals surface area (Å²) in [4.78, 5) is 11.1. The van der Waals surface area contributed by atoms with Crippen molar-refractivity contribution in [2.45, 2.75) is 6.36 Å². The third-order valence-corrected chi connectivity index (χ3v) is 2.65. The summed E-state index contributed by atoms with van der Waals surface area (Å²) in [5.41, 5.74) is 5.42. The van der Waals surface area contributed by atoms with Crippen LogP contribution in [0.3, 0.4) is 0 Å². The van der Waals surface area contributed by atoms with Gasteiger partial charge in [-0.3, -0.25) is 4.79 Å². The van der Waals surface area contributed by atoms with E-state index in [1.165, 1.54) is 30.3 Å². The largest absolute Gasteiger partial charge is 0.573 e. The van der Waals surface area contributed by atoms with Gasteiger partial charge in [0, 0.05) is 0 Å². The number of ether oxygens (including phenoxy) is 1. The summed E-state index contributed by atoms with van der Waals surface area (Å²) in [6.45, 7) is 0. The number of benzene rings is 2. The standard InChI is InChI=1S/C14H9F4NO2/c15-10-4-1-8(2-5-10)9-3-6-11(13(19)20)12(7-9)21-14(16,17)18/h1-7H,(H2,19,20). The summed E-state index contributed by atoms with van der Waals surface area (Å²) in [6, 6.07) is 8.68. The van der Waals surface area contributed by atoms with Crippen LogP contribution in [0.15, 0.2) is 42.5 Å². The Morgan fingerprint density at radius 1 is 1.00 bits per heavy atom. The first-order valence-electron chi connectivity index (χ1n) is 5.72. The molecule has 21 heavy (non-hydrogen) atoms. The normalized spacial score (nSPS) is 11.2. The van der Waals surface area contributed by atoms with Crippen LogP contribution in [-0.4, -0.2) is 12.3 Å². The smallest absolute Gasteiger partial charge is 0.405 e. The topological polar surface area (TPSA) is 52.3 Å². The third kappa shape index (κ3) is 3.71. The molecule has 0 aliphatic heterocycles. The first kappa shape index (κ1) is 14.8. The Balaban J connectivity index is 2.48. The van der Waals surface area contributed by atoms with Gasteiger partial charge in [-0.05, 0) is 35.4 Å². The summed E-state index contributed by atoms with van der Waals surface area (Å²) in [7, 11) is 0. The highest BCUT2D eigenvalue weighted by molar-refractivity contribution is 5.96. The van der Waals surface area contributed by atoms with Gasteiger partial charge in [-0.2, -0.15) is 0 Å². The first-order valence-corrected chi connectivity index (χ1v) is 5.72. The fraction of sp³-hybridized carbons (Fsp3) is 0.0714. The van der Waals surface area contributed by atoms with Gasteiger partial charge in [-0.15, -0.1) is 13.2 Å². The number of primary amides is 1.